The van der Waals surface area contributed by atoms with E-state index in [1.807, 2.05) is 31.2 Å². The molecule has 0 N–H and O–H groups in total. The maximum absolute atomic E-state index is 12.7. The molecule has 0 amide bonds. The summed E-state index contributed by atoms with van der Waals surface area (Å²) in [4.78, 5) is 24.4. The maximum Gasteiger partial charge on any atom is 0.343 e. The van der Waals surface area contributed by atoms with E-state index in [1.165, 1.54) is 23.8 Å². The van der Waals surface area contributed by atoms with Crippen molar-refractivity contribution >= 4 is 22.7 Å². The molecule has 30 heavy (non-hydrogen) atoms. The lowest BCUT2D eigenvalue weighted by atomic mass is 9.89. The highest BCUT2D eigenvalue weighted by molar-refractivity contribution is 6.11. The molecule has 2 aromatic carbocycles. The Kier molecular flexibility index (Phi) is 5.62. The highest BCUT2D eigenvalue weighted by Gasteiger charge is 2.27. The molecule has 1 heterocycles. The first-order valence-corrected chi connectivity index (χ1v) is 10.4. The number of rotatable bonds is 6. The summed E-state index contributed by atoms with van der Waals surface area (Å²) in [6, 6.07) is 12.3. The number of nitrogens with zero attached hydrogens (tertiary/aromatic N) is 1. The standard InChI is InChI=1S/C25H27NO4/c1-16-23(17(2)27)24-21(30-15-22(28)29-3)13-19-11-7-8-12-20(19)25(24)26(16)14-18-9-5-4-6-10-18/h4-6,9-10,13H,7-8,11-12,14-15H2,1-3H3. The van der Waals surface area contributed by atoms with Gasteiger partial charge in [-0.3, -0.25) is 4.79 Å². The van der Waals surface area contributed by atoms with Gasteiger partial charge in [-0.2, -0.15) is 0 Å². The number of ketones is 1. The van der Waals surface area contributed by atoms with Gasteiger partial charge in [-0.1, -0.05) is 30.3 Å². The van der Waals surface area contributed by atoms with Crippen molar-refractivity contribution in [3.8, 4) is 5.75 Å². The zero-order valence-electron chi connectivity index (χ0n) is 17.8. The molecule has 0 saturated carbocycles. The van der Waals surface area contributed by atoms with Crippen LogP contribution in [-0.2, 0) is 28.9 Å². The molecule has 3 aromatic rings. The van der Waals surface area contributed by atoms with Crippen molar-refractivity contribution in [3.63, 3.8) is 0 Å². The van der Waals surface area contributed by atoms with Crippen LogP contribution in [0.1, 0.15) is 52.5 Å². The molecule has 0 unspecified atom stereocenters. The minimum absolute atomic E-state index is 0.00277. The SMILES string of the molecule is COC(=O)COc1cc2c(c3c1c(C(C)=O)c(C)n3Cc1ccccc1)CCCC2. The first kappa shape index (κ1) is 20.2. The molecule has 0 aliphatic heterocycles. The van der Waals surface area contributed by atoms with E-state index < -0.39 is 5.97 Å². The minimum atomic E-state index is -0.439. The lowest BCUT2D eigenvalue weighted by molar-refractivity contribution is -0.142. The van der Waals surface area contributed by atoms with Crippen molar-refractivity contribution in [1.82, 2.24) is 4.57 Å². The molecule has 0 atom stereocenters. The van der Waals surface area contributed by atoms with Gasteiger partial charge in [0.15, 0.2) is 12.4 Å². The summed E-state index contributed by atoms with van der Waals surface area (Å²) in [5.41, 5.74) is 6.40. The van der Waals surface area contributed by atoms with Crippen LogP contribution in [0.25, 0.3) is 10.9 Å². The number of aromatic nitrogens is 1. The Bertz CT molecular complexity index is 1110. The molecule has 156 valence electrons. The second kappa shape index (κ2) is 8.34. The zero-order chi connectivity index (χ0) is 21.3. The Hall–Kier alpha value is -3.08. The predicted octanol–water partition coefficient (Wildman–Crippen LogP) is 4.63. The summed E-state index contributed by atoms with van der Waals surface area (Å²) < 4.78 is 12.9. The van der Waals surface area contributed by atoms with Crippen LogP contribution in [0.5, 0.6) is 5.75 Å². The average Bonchev–Trinajstić information content (AvgIpc) is 3.05. The van der Waals surface area contributed by atoms with Crippen LogP contribution in [0.15, 0.2) is 36.4 Å². The number of hydrogen-bond donors (Lipinski definition) is 0. The van der Waals surface area contributed by atoms with Crippen LogP contribution in [-0.4, -0.2) is 30.0 Å². The molecule has 1 aliphatic rings. The van der Waals surface area contributed by atoms with E-state index in [4.69, 9.17) is 9.47 Å². The van der Waals surface area contributed by atoms with Gasteiger partial charge >= 0.3 is 5.97 Å². The fourth-order valence-electron chi connectivity index (χ4n) is 4.58. The predicted molar refractivity (Wildman–Crippen MR) is 116 cm³/mol. The molecular weight excluding hydrogens is 378 g/mol. The molecule has 5 nitrogen and oxygen atoms in total. The fraction of sp³-hybridized carbons (Fsp3) is 0.360. The summed E-state index contributed by atoms with van der Waals surface area (Å²) in [6.07, 6.45) is 4.23. The number of carbonyl (C=O) groups excluding carboxylic acids is 2. The number of hydrogen-bond acceptors (Lipinski definition) is 4. The summed E-state index contributed by atoms with van der Waals surface area (Å²) in [7, 11) is 1.34. The van der Waals surface area contributed by atoms with Crippen LogP contribution in [0, 0.1) is 6.92 Å². The number of carbonyl (C=O) groups is 2. The Labute approximate surface area is 176 Å². The Balaban J connectivity index is 1.97. The number of fused-ring (bicyclic) bond motifs is 3. The van der Waals surface area contributed by atoms with Crippen molar-refractivity contribution in [3.05, 3.63) is 64.3 Å². The topological polar surface area (TPSA) is 57.5 Å². The number of methoxy groups -OCH3 is 1. The zero-order valence-corrected chi connectivity index (χ0v) is 17.8. The molecule has 0 fully saturated rings. The van der Waals surface area contributed by atoms with Gasteiger partial charge in [0, 0.05) is 17.8 Å². The molecule has 0 saturated heterocycles. The van der Waals surface area contributed by atoms with Gasteiger partial charge < -0.3 is 14.0 Å². The lowest BCUT2D eigenvalue weighted by Gasteiger charge is -2.21. The minimum Gasteiger partial charge on any atom is -0.481 e. The Morgan fingerprint density at radius 3 is 2.53 bits per heavy atom. The van der Waals surface area contributed by atoms with Gasteiger partial charge in [0.1, 0.15) is 5.75 Å². The monoisotopic (exact) mass is 405 g/mol. The van der Waals surface area contributed by atoms with E-state index in [1.54, 1.807) is 6.92 Å². The van der Waals surface area contributed by atoms with Crippen molar-refractivity contribution in [1.29, 1.82) is 0 Å². The van der Waals surface area contributed by atoms with E-state index in [0.717, 1.165) is 42.3 Å². The first-order chi connectivity index (χ1) is 14.5. The number of aryl methyl sites for hydroxylation is 2. The maximum atomic E-state index is 12.7. The molecule has 0 radical (unpaired) electrons. The Morgan fingerprint density at radius 2 is 1.83 bits per heavy atom. The van der Waals surface area contributed by atoms with Gasteiger partial charge in [-0.25, -0.2) is 4.79 Å². The molecular formula is C25H27NO4. The average molecular weight is 405 g/mol. The molecule has 5 heteroatoms. The van der Waals surface area contributed by atoms with Gasteiger partial charge in [-0.15, -0.1) is 0 Å². The van der Waals surface area contributed by atoms with E-state index in [9.17, 15) is 9.59 Å². The number of Topliss-reactive ketones (excluding diaryl/α,β-unsaturated/α-hetero) is 1. The van der Waals surface area contributed by atoms with E-state index in [-0.39, 0.29) is 12.4 Å². The third-order valence-corrected chi connectivity index (χ3v) is 5.98. The highest BCUT2D eigenvalue weighted by atomic mass is 16.6. The fourth-order valence-corrected chi connectivity index (χ4v) is 4.58. The second-order valence-electron chi connectivity index (χ2n) is 7.90. The van der Waals surface area contributed by atoms with Crippen LogP contribution in [0.4, 0.5) is 0 Å². The first-order valence-electron chi connectivity index (χ1n) is 10.4. The molecule has 4 rings (SSSR count). The molecule has 0 bridgehead atoms. The smallest absolute Gasteiger partial charge is 0.343 e. The third kappa shape index (κ3) is 3.60. The van der Waals surface area contributed by atoms with Crippen LogP contribution in [0.3, 0.4) is 0 Å². The van der Waals surface area contributed by atoms with E-state index in [0.29, 0.717) is 17.9 Å². The molecule has 0 spiro atoms. The molecule has 1 aliphatic carbocycles. The summed E-state index contributed by atoms with van der Waals surface area (Å²) in [5, 5.41) is 0.820. The quantitative estimate of drug-likeness (QED) is 0.443. The van der Waals surface area contributed by atoms with Gasteiger partial charge in [0.25, 0.3) is 0 Å². The largest absolute Gasteiger partial charge is 0.481 e. The normalized spacial score (nSPS) is 13.2. The summed E-state index contributed by atoms with van der Waals surface area (Å²) >= 11 is 0. The van der Waals surface area contributed by atoms with Crippen molar-refractivity contribution < 1.29 is 19.1 Å². The van der Waals surface area contributed by atoms with Crippen LogP contribution in [0.2, 0.25) is 0 Å². The highest BCUT2D eigenvalue weighted by Crippen LogP contribution is 2.41. The van der Waals surface area contributed by atoms with Crippen LogP contribution >= 0.6 is 0 Å². The second-order valence-corrected chi connectivity index (χ2v) is 7.90. The van der Waals surface area contributed by atoms with Gasteiger partial charge in [0.05, 0.1) is 18.0 Å². The van der Waals surface area contributed by atoms with E-state index >= 15 is 0 Å². The van der Waals surface area contributed by atoms with Gasteiger partial charge in [0.2, 0.25) is 0 Å². The Morgan fingerprint density at radius 1 is 1.10 bits per heavy atom. The van der Waals surface area contributed by atoms with E-state index in [2.05, 4.69) is 16.7 Å². The van der Waals surface area contributed by atoms with Crippen molar-refractivity contribution in [2.45, 2.75) is 46.1 Å². The van der Waals surface area contributed by atoms with Crippen LogP contribution < -0.4 is 4.74 Å². The van der Waals surface area contributed by atoms with Gasteiger partial charge in [-0.05, 0) is 62.3 Å². The van der Waals surface area contributed by atoms with Crippen molar-refractivity contribution in [2.24, 2.45) is 0 Å². The number of esters is 1. The summed E-state index contributed by atoms with van der Waals surface area (Å²) in [5.74, 6) is 0.157. The number of benzene rings is 2. The lowest BCUT2D eigenvalue weighted by Crippen LogP contribution is -2.14. The van der Waals surface area contributed by atoms with Crippen molar-refractivity contribution in [2.75, 3.05) is 13.7 Å². The summed E-state index contributed by atoms with van der Waals surface area (Å²) in [6.45, 7) is 4.10. The number of ether oxygens (including phenoxy) is 2. The third-order valence-electron chi connectivity index (χ3n) is 5.98. The molecule has 1 aromatic heterocycles.